The van der Waals surface area contributed by atoms with Crippen molar-refractivity contribution in [2.75, 3.05) is 19.8 Å². The number of aliphatic hydroxyl groups is 10. The second-order valence-electron chi connectivity index (χ2n) is 24.6. The first-order valence-electron chi connectivity index (χ1n) is 26.8. The summed E-state index contributed by atoms with van der Waals surface area (Å²) in [5, 5.41) is 120. The number of aliphatic carboxylic acids is 1. The van der Waals surface area contributed by atoms with E-state index in [1.165, 1.54) is 6.92 Å². The van der Waals surface area contributed by atoms with Crippen LogP contribution >= 0.6 is 0 Å². The highest BCUT2D eigenvalue weighted by Crippen LogP contribution is 2.76. The Morgan fingerprint density at radius 3 is 1.83 bits per heavy atom. The SMILES string of the molecule is CC(=O)OC[C@H]1O[C@@H](O[C@@](C)(CCC=C(C)C)[C@H]2CC[C@]3(C)[C@@H]2[C@H](O)C[C@@H]2[C@@]4(C)CC[C@H](O[C@@H]5O[C@H](CO)[C@@H](O)[C@H](O)[C@H]5O[C@@H]5O[C@H](COC(=O)CC(=O)O)[C@@H](O)[C@H](O)[C@H]5O)C(C)(C)[C@@H]4CC[C@]23C)[C@H](O)[C@@H](O)[C@@H]1O. The molecule has 75 heavy (non-hydrogen) atoms. The number of aliphatic hydroxyl groups excluding tert-OH is 10. The Morgan fingerprint density at radius 2 is 1.23 bits per heavy atom. The van der Waals surface area contributed by atoms with Gasteiger partial charge in [0.25, 0.3) is 0 Å². The van der Waals surface area contributed by atoms with Gasteiger partial charge < -0.3 is 94.1 Å². The summed E-state index contributed by atoms with van der Waals surface area (Å²) in [5.74, 6) is -3.61. The van der Waals surface area contributed by atoms with Crippen molar-refractivity contribution in [3.05, 3.63) is 11.6 Å². The number of hydrogen-bond acceptors (Lipinski definition) is 21. The van der Waals surface area contributed by atoms with E-state index in [0.29, 0.717) is 38.5 Å². The summed E-state index contributed by atoms with van der Waals surface area (Å²) in [4.78, 5) is 34.7. The molecule has 22 heteroatoms. The molecule has 0 aromatic heterocycles. The Morgan fingerprint density at radius 1 is 0.653 bits per heavy atom. The van der Waals surface area contributed by atoms with Gasteiger partial charge in [-0.05, 0) is 124 Å². The lowest BCUT2D eigenvalue weighted by atomic mass is 9.35. The third kappa shape index (κ3) is 11.3. The quantitative estimate of drug-likeness (QED) is 0.0410. The first-order chi connectivity index (χ1) is 34.9. The van der Waals surface area contributed by atoms with Crippen LogP contribution in [0.2, 0.25) is 0 Å². The van der Waals surface area contributed by atoms with Crippen LogP contribution in [0.25, 0.3) is 0 Å². The van der Waals surface area contributed by atoms with Crippen molar-refractivity contribution in [2.24, 2.45) is 45.3 Å². The van der Waals surface area contributed by atoms with Crippen LogP contribution in [0.15, 0.2) is 11.6 Å². The van der Waals surface area contributed by atoms with Gasteiger partial charge in [0.2, 0.25) is 0 Å². The number of rotatable bonds is 17. The van der Waals surface area contributed by atoms with Crippen molar-refractivity contribution < 1.29 is 108 Å². The maximum Gasteiger partial charge on any atom is 0.317 e. The molecular weight excluding hydrogens is 989 g/mol. The Kier molecular flexibility index (Phi) is 18.4. The predicted molar refractivity (Wildman–Crippen MR) is 259 cm³/mol. The number of ether oxygens (including phenoxy) is 8. The smallest absolute Gasteiger partial charge is 0.317 e. The second-order valence-corrected chi connectivity index (χ2v) is 24.6. The third-order valence-corrected chi connectivity index (χ3v) is 19.6. The number of carboxylic acid groups (broad SMARTS) is 1. The van der Waals surface area contributed by atoms with Gasteiger partial charge in [-0.15, -0.1) is 0 Å². The van der Waals surface area contributed by atoms with Gasteiger partial charge in [-0.1, -0.05) is 46.3 Å². The zero-order chi connectivity index (χ0) is 55.5. The molecule has 0 unspecified atom stereocenters. The molecule has 3 saturated heterocycles. The highest BCUT2D eigenvalue weighted by atomic mass is 16.8. The van der Waals surface area contributed by atoms with Gasteiger partial charge in [0.15, 0.2) is 18.9 Å². The fourth-order valence-corrected chi connectivity index (χ4v) is 15.4. The molecule has 7 rings (SSSR count). The normalized spacial score (nSPS) is 47.3. The van der Waals surface area contributed by atoms with E-state index >= 15 is 0 Å². The van der Waals surface area contributed by atoms with E-state index in [2.05, 4.69) is 40.7 Å². The van der Waals surface area contributed by atoms with Gasteiger partial charge in [-0.2, -0.15) is 0 Å². The highest BCUT2D eigenvalue weighted by Gasteiger charge is 2.72. The molecule has 3 heterocycles. The molecule has 7 fully saturated rings. The molecule has 0 bridgehead atoms. The summed E-state index contributed by atoms with van der Waals surface area (Å²) in [6, 6.07) is 0. The summed E-state index contributed by atoms with van der Waals surface area (Å²) in [5.41, 5.74) is -1.48. The molecule has 0 aromatic carbocycles. The standard InChI is InChI=1S/C53H86O22/c1-24(2)11-10-15-53(9,75-47-44(67)41(64)38(61)29(72-47)22-68-25(3)55)26-12-17-52(8)36(26)27(56)19-32-50(6)16-14-33(49(4,5)31(50)13-18-51(32,52)7)73-48-45(42(65)37(60)28(21-54)70-48)74-46-43(66)40(63)39(62)30(71-46)23-69-35(59)20-34(57)58/h11,26-33,36-48,54,56,60-67H,10,12-23H2,1-9H3,(H,57,58)/t26-,27+,28+,29+,30+,31-,32+,33-,36-,37+,38+,39+,40-,41-,42-,43+,44+,45+,46-,47-,48-,50-,51+,52+,53-/m0/s1. The summed E-state index contributed by atoms with van der Waals surface area (Å²) in [6.45, 7) is 16.6. The minimum atomic E-state index is -1.93. The first kappa shape index (κ1) is 60.2. The third-order valence-electron chi connectivity index (χ3n) is 19.6. The molecule has 0 amide bonds. The van der Waals surface area contributed by atoms with Gasteiger partial charge in [-0.25, -0.2) is 0 Å². The monoisotopic (exact) mass is 1070 g/mol. The number of esters is 2. The van der Waals surface area contributed by atoms with E-state index in [-0.39, 0.29) is 41.1 Å². The molecule has 0 radical (unpaired) electrons. The van der Waals surface area contributed by atoms with Crippen molar-refractivity contribution in [2.45, 2.75) is 236 Å². The van der Waals surface area contributed by atoms with Crippen LogP contribution in [0.1, 0.15) is 127 Å². The molecule has 4 aliphatic carbocycles. The topological polar surface area (TPSA) is 348 Å². The molecular formula is C53H86O22. The Labute approximate surface area is 438 Å². The number of hydrogen-bond donors (Lipinski definition) is 11. The Hall–Kier alpha value is -2.49. The number of fused-ring (bicyclic) bond motifs is 5. The zero-order valence-corrected chi connectivity index (χ0v) is 44.8. The van der Waals surface area contributed by atoms with Crippen molar-refractivity contribution in [1.29, 1.82) is 0 Å². The van der Waals surface area contributed by atoms with Crippen molar-refractivity contribution in [3.63, 3.8) is 0 Å². The van der Waals surface area contributed by atoms with Gasteiger partial charge in [-0.3, -0.25) is 14.4 Å². The van der Waals surface area contributed by atoms with Crippen LogP contribution in [0.3, 0.4) is 0 Å². The Bertz CT molecular complexity index is 2040. The first-order valence-corrected chi connectivity index (χ1v) is 26.8. The average Bonchev–Trinajstić information content (AvgIpc) is 3.72. The molecule has 25 atom stereocenters. The molecule has 0 spiro atoms. The van der Waals surface area contributed by atoms with Crippen LogP contribution in [-0.4, -0.2) is 204 Å². The van der Waals surface area contributed by atoms with E-state index in [0.717, 1.165) is 24.8 Å². The second kappa shape index (κ2) is 22.9. The minimum absolute atomic E-state index is 0.0209. The van der Waals surface area contributed by atoms with Crippen molar-refractivity contribution >= 4 is 17.9 Å². The number of carboxylic acids is 1. The minimum Gasteiger partial charge on any atom is -0.481 e. The van der Waals surface area contributed by atoms with Crippen LogP contribution in [0.4, 0.5) is 0 Å². The van der Waals surface area contributed by atoms with Crippen molar-refractivity contribution in [3.8, 4) is 0 Å². The molecule has 7 aliphatic rings. The van der Waals surface area contributed by atoms with E-state index in [1.807, 2.05) is 20.8 Å². The predicted octanol–water partition coefficient (Wildman–Crippen LogP) is 0.570. The number of carbonyl (C=O) groups is 3. The lowest BCUT2D eigenvalue weighted by Gasteiger charge is -2.71. The fraction of sp³-hybridized carbons (Fsp3) is 0.906. The highest BCUT2D eigenvalue weighted by molar-refractivity contribution is 5.90. The molecule has 430 valence electrons. The van der Waals surface area contributed by atoms with Gasteiger partial charge in [0.05, 0.1) is 24.4 Å². The summed E-state index contributed by atoms with van der Waals surface area (Å²) in [6.07, 6.45) is -18.6. The lowest BCUT2D eigenvalue weighted by molar-refractivity contribution is -0.378. The average molecular weight is 1080 g/mol. The molecule has 4 saturated carbocycles. The summed E-state index contributed by atoms with van der Waals surface area (Å²) in [7, 11) is 0. The van der Waals surface area contributed by atoms with Crippen LogP contribution in [0.5, 0.6) is 0 Å². The number of carbonyl (C=O) groups excluding carboxylic acids is 2. The van der Waals surface area contributed by atoms with E-state index < -0.39 is 158 Å². The van der Waals surface area contributed by atoms with Gasteiger partial charge >= 0.3 is 17.9 Å². The summed E-state index contributed by atoms with van der Waals surface area (Å²) >= 11 is 0. The molecule has 11 N–H and O–H groups in total. The maximum atomic E-state index is 12.8. The van der Waals surface area contributed by atoms with Crippen LogP contribution in [-0.2, 0) is 52.3 Å². The molecule has 0 aromatic rings. The van der Waals surface area contributed by atoms with Gasteiger partial charge in [0, 0.05) is 6.92 Å². The zero-order valence-electron chi connectivity index (χ0n) is 44.8. The van der Waals surface area contributed by atoms with Crippen LogP contribution < -0.4 is 0 Å². The molecule has 3 aliphatic heterocycles. The van der Waals surface area contributed by atoms with Crippen molar-refractivity contribution in [1.82, 2.24) is 0 Å². The van der Waals surface area contributed by atoms with E-state index in [4.69, 9.17) is 43.0 Å². The maximum absolute atomic E-state index is 12.8. The Balaban J connectivity index is 1.11. The largest absolute Gasteiger partial charge is 0.481 e. The van der Waals surface area contributed by atoms with Gasteiger partial charge in [0.1, 0.15) is 92.9 Å². The molecule has 22 nitrogen and oxygen atoms in total. The fourth-order valence-electron chi connectivity index (χ4n) is 15.4. The lowest BCUT2D eigenvalue weighted by Crippen LogP contribution is -2.68. The summed E-state index contributed by atoms with van der Waals surface area (Å²) < 4.78 is 47.7. The van der Waals surface area contributed by atoms with E-state index in [9.17, 15) is 65.4 Å². The number of allylic oxidation sites excluding steroid dienone is 2. The van der Waals surface area contributed by atoms with Crippen LogP contribution in [0, 0.1) is 45.3 Å². The van der Waals surface area contributed by atoms with E-state index in [1.54, 1.807) is 0 Å².